The summed E-state index contributed by atoms with van der Waals surface area (Å²) in [5, 5.41) is 11.2. The topological polar surface area (TPSA) is 54.3 Å². The molecule has 1 aromatic carbocycles. The monoisotopic (exact) mass is 286 g/mol. The Morgan fingerprint density at radius 2 is 2.24 bits per heavy atom. The van der Waals surface area contributed by atoms with Gasteiger partial charge in [0.15, 0.2) is 0 Å². The number of aliphatic hydroxyl groups excluding tert-OH is 1. The molecule has 0 spiro atoms. The maximum Gasteiger partial charge on any atom is 0.272 e. The molecular formula is C16H15FN2O2. The van der Waals surface area contributed by atoms with Crippen LogP contribution < -0.4 is 5.32 Å². The van der Waals surface area contributed by atoms with Crippen molar-refractivity contribution in [3.8, 4) is 11.8 Å². The van der Waals surface area contributed by atoms with E-state index in [9.17, 15) is 9.18 Å². The van der Waals surface area contributed by atoms with E-state index in [1.165, 1.54) is 12.1 Å². The van der Waals surface area contributed by atoms with Gasteiger partial charge in [-0.05, 0) is 37.3 Å². The van der Waals surface area contributed by atoms with Crippen LogP contribution in [-0.2, 0) is 6.54 Å². The van der Waals surface area contributed by atoms with E-state index in [0.717, 1.165) is 0 Å². The van der Waals surface area contributed by atoms with Gasteiger partial charge < -0.3 is 15.0 Å². The lowest BCUT2D eigenvalue weighted by molar-refractivity contribution is 0.101. The second kappa shape index (κ2) is 6.73. The van der Waals surface area contributed by atoms with Gasteiger partial charge in [-0.25, -0.2) is 4.39 Å². The van der Waals surface area contributed by atoms with Crippen molar-refractivity contribution < 1.29 is 14.3 Å². The van der Waals surface area contributed by atoms with Crippen LogP contribution in [0.2, 0.25) is 0 Å². The second-order valence-electron chi connectivity index (χ2n) is 4.29. The minimum Gasteiger partial charge on any atom is -0.384 e. The Kier molecular flexibility index (Phi) is 4.75. The summed E-state index contributed by atoms with van der Waals surface area (Å²) in [6, 6.07) is 7.73. The zero-order valence-corrected chi connectivity index (χ0v) is 11.6. The molecule has 5 heteroatoms. The highest BCUT2D eigenvalue weighted by Gasteiger charge is 2.11. The highest BCUT2D eigenvalue weighted by atomic mass is 19.1. The Hall–Kier alpha value is -2.58. The molecule has 2 aromatic rings. The fraction of sp³-hybridized carbons (Fsp3) is 0.188. The van der Waals surface area contributed by atoms with Crippen molar-refractivity contribution in [1.29, 1.82) is 0 Å². The van der Waals surface area contributed by atoms with Crippen LogP contribution in [0.3, 0.4) is 0 Å². The molecule has 108 valence electrons. The highest BCUT2D eigenvalue weighted by Crippen LogP contribution is 2.15. The van der Waals surface area contributed by atoms with Gasteiger partial charge in [-0.2, -0.15) is 0 Å². The summed E-state index contributed by atoms with van der Waals surface area (Å²) < 4.78 is 15.6. The van der Waals surface area contributed by atoms with E-state index < -0.39 is 5.82 Å². The van der Waals surface area contributed by atoms with Gasteiger partial charge in [-0.3, -0.25) is 4.79 Å². The molecule has 4 nitrogen and oxygen atoms in total. The first-order chi connectivity index (χ1) is 10.2. The van der Waals surface area contributed by atoms with Crippen molar-refractivity contribution in [1.82, 2.24) is 4.57 Å². The number of halogens is 1. The number of hydrogen-bond acceptors (Lipinski definition) is 2. The van der Waals surface area contributed by atoms with Crippen LogP contribution in [0.15, 0.2) is 36.5 Å². The van der Waals surface area contributed by atoms with Crippen molar-refractivity contribution in [2.75, 3.05) is 11.9 Å². The second-order valence-corrected chi connectivity index (χ2v) is 4.29. The SMILES string of the molecule is CCn1cccc1C(=O)Nc1ccc(C#CCO)c(F)c1. The summed E-state index contributed by atoms with van der Waals surface area (Å²) in [6.45, 7) is 2.29. The van der Waals surface area contributed by atoms with Crippen LogP contribution in [0, 0.1) is 17.7 Å². The van der Waals surface area contributed by atoms with Crippen molar-refractivity contribution in [2.45, 2.75) is 13.5 Å². The molecule has 0 aliphatic heterocycles. The molecule has 2 rings (SSSR count). The minimum atomic E-state index is -0.542. The van der Waals surface area contributed by atoms with Crippen LogP contribution in [0.25, 0.3) is 0 Å². The van der Waals surface area contributed by atoms with Gasteiger partial charge in [0.2, 0.25) is 0 Å². The van der Waals surface area contributed by atoms with Gasteiger partial charge in [0.25, 0.3) is 5.91 Å². The predicted octanol–water partition coefficient (Wildman–Crippen LogP) is 2.24. The smallest absolute Gasteiger partial charge is 0.272 e. The normalized spacial score (nSPS) is 9.86. The molecule has 0 atom stereocenters. The molecule has 0 fully saturated rings. The summed E-state index contributed by atoms with van der Waals surface area (Å²) in [6.07, 6.45) is 1.81. The molecule has 0 unspecified atom stereocenters. The molecule has 0 aliphatic rings. The predicted molar refractivity (Wildman–Crippen MR) is 78.4 cm³/mol. The first-order valence-corrected chi connectivity index (χ1v) is 6.51. The Balaban J connectivity index is 2.17. The molecule has 0 saturated heterocycles. The maximum atomic E-state index is 13.8. The third kappa shape index (κ3) is 3.50. The van der Waals surface area contributed by atoms with Gasteiger partial charge in [0.1, 0.15) is 18.1 Å². The third-order valence-electron chi connectivity index (χ3n) is 2.93. The van der Waals surface area contributed by atoms with Crippen molar-refractivity contribution in [2.24, 2.45) is 0 Å². The molecule has 1 aromatic heterocycles. The number of carbonyl (C=O) groups excluding carboxylic acids is 1. The molecular weight excluding hydrogens is 271 g/mol. The number of hydrogen-bond donors (Lipinski definition) is 2. The highest BCUT2D eigenvalue weighted by molar-refractivity contribution is 6.03. The zero-order valence-electron chi connectivity index (χ0n) is 11.6. The molecule has 2 N–H and O–H groups in total. The lowest BCUT2D eigenvalue weighted by atomic mass is 10.2. The summed E-state index contributed by atoms with van der Waals surface area (Å²) in [5.41, 5.74) is 1.05. The van der Waals surface area contributed by atoms with E-state index in [1.807, 2.05) is 13.1 Å². The van der Waals surface area contributed by atoms with Crippen LogP contribution in [0.5, 0.6) is 0 Å². The van der Waals surface area contributed by atoms with Crippen LogP contribution in [0.4, 0.5) is 10.1 Å². The number of aryl methyl sites for hydroxylation is 1. The molecule has 0 aliphatic carbocycles. The Morgan fingerprint density at radius 3 is 2.90 bits per heavy atom. The quantitative estimate of drug-likeness (QED) is 0.850. The third-order valence-corrected chi connectivity index (χ3v) is 2.93. The van der Waals surface area contributed by atoms with E-state index in [2.05, 4.69) is 17.2 Å². The summed E-state index contributed by atoms with van der Waals surface area (Å²) in [7, 11) is 0. The van der Waals surface area contributed by atoms with Gasteiger partial charge in [0, 0.05) is 18.4 Å². The number of aliphatic hydroxyl groups is 1. The zero-order chi connectivity index (χ0) is 15.2. The molecule has 1 amide bonds. The summed E-state index contributed by atoms with van der Waals surface area (Å²) >= 11 is 0. The number of rotatable bonds is 3. The summed E-state index contributed by atoms with van der Waals surface area (Å²) in [5.74, 6) is 4.04. The van der Waals surface area contributed by atoms with Gasteiger partial charge in [-0.15, -0.1) is 0 Å². The fourth-order valence-corrected chi connectivity index (χ4v) is 1.92. The number of nitrogens with one attached hydrogen (secondary N) is 1. The maximum absolute atomic E-state index is 13.8. The lowest BCUT2D eigenvalue weighted by Gasteiger charge is -2.08. The van der Waals surface area contributed by atoms with E-state index in [0.29, 0.717) is 17.9 Å². The standard InChI is InChI=1S/C16H15FN2O2/c1-2-19-9-3-6-15(19)16(21)18-13-8-7-12(5-4-10-20)14(17)11-13/h3,6-9,11,20H,2,10H2,1H3,(H,18,21). The van der Waals surface area contributed by atoms with E-state index in [-0.39, 0.29) is 18.1 Å². The Bertz CT molecular complexity index is 711. The van der Waals surface area contributed by atoms with Crippen LogP contribution in [-0.4, -0.2) is 22.2 Å². The molecule has 0 radical (unpaired) electrons. The van der Waals surface area contributed by atoms with Crippen molar-refractivity contribution in [3.05, 3.63) is 53.6 Å². The lowest BCUT2D eigenvalue weighted by Crippen LogP contribution is -2.16. The number of carbonyl (C=O) groups is 1. The van der Waals surface area contributed by atoms with Gasteiger partial charge >= 0.3 is 0 Å². The number of aromatic nitrogens is 1. The molecule has 21 heavy (non-hydrogen) atoms. The number of amides is 1. The van der Waals surface area contributed by atoms with Crippen molar-refractivity contribution >= 4 is 11.6 Å². The first-order valence-electron chi connectivity index (χ1n) is 6.51. The van der Waals surface area contributed by atoms with Gasteiger partial charge in [-0.1, -0.05) is 11.8 Å². The molecule has 0 bridgehead atoms. The number of anilines is 1. The minimum absolute atomic E-state index is 0.180. The molecule has 1 heterocycles. The number of benzene rings is 1. The Morgan fingerprint density at radius 1 is 1.43 bits per heavy atom. The molecule has 0 saturated carbocycles. The van der Waals surface area contributed by atoms with E-state index >= 15 is 0 Å². The summed E-state index contributed by atoms with van der Waals surface area (Å²) in [4.78, 5) is 12.1. The Labute approximate surface area is 122 Å². The largest absolute Gasteiger partial charge is 0.384 e. The van der Waals surface area contributed by atoms with Gasteiger partial charge in [0.05, 0.1) is 5.56 Å². The van der Waals surface area contributed by atoms with E-state index in [1.54, 1.807) is 22.8 Å². The average Bonchev–Trinajstić information content (AvgIpc) is 2.95. The van der Waals surface area contributed by atoms with Crippen molar-refractivity contribution in [3.63, 3.8) is 0 Å². The van der Waals surface area contributed by atoms with Crippen LogP contribution >= 0.6 is 0 Å². The van der Waals surface area contributed by atoms with Crippen LogP contribution in [0.1, 0.15) is 23.0 Å². The number of nitrogens with zero attached hydrogens (tertiary/aromatic N) is 1. The fourth-order valence-electron chi connectivity index (χ4n) is 1.92. The van der Waals surface area contributed by atoms with E-state index in [4.69, 9.17) is 5.11 Å². The first kappa shape index (κ1) is 14.8. The average molecular weight is 286 g/mol.